The molecule has 1 aliphatic heterocycles. The number of esters is 2. The van der Waals surface area contributed by atoms with E-state index in [0.29, 0.717) is 51.4 Å². The number of phosphoric acid groups is 2. The lowest BCUT2D eigenvalue weighted by Crippen LogP contribution is -2.48. The third-order valence-corrected chi connectivity index (χ3v) is 22.6. The fourth-order valence-electron chi connectivity index (χ4n) is 13.7. The van der Waals surface area contributed by atoms with E-state index in [2.05, 4.69) is 87.1 Å². The van der Waals surface area contributed by atoms with Crippen LogP contribution in [0.25, 0.3) is 0 Å². The molecule has 8 unspecified atom stereocenters. The zero-order valence-electron chi connectivity index (χ0n) is 74.3. The highest BCUT2D eigenvalue weighted by Crippen LogP contribution is 2.44. The van der Waals surface area contributed by atoms with E-state index in [0.717, 1.165) is 167 Å². The zero-order chi connectivity index (χ0) is 86.2. The number of carbonyl (C=O) groups is 6. The third-order valence-electron chi connectivity index (χ3n) is 20.6. The Labute approximate surface area is 707 Å². The van der Waals surface area contributed by atoms with Crippen LogP contribution in [0, 0.1) is 0 Å². The number of ether oxygens (including phenoxy) is 6. The van der Waals surface area contributed by atoms with Gasteiger partial charge in [0, 0.05) is 39.1 Å². The number of nitrogens with one attached hydrogen (secondary N) is 4. The van der Waals surface area contributed by atoms with E-state index in [1.165, 1.54) is 104 Å². The van der Waals surface area contributed by atoms with Gasteiger partial charge in [-0.1, -0.05) is 271 Å². The van der Waals surface area contributed by atoms with Gasteiger partial charge in [-0.2, -0.15) is 0 Å². The summed E-state index contributed by atoms with van der Waals surface area (Å²) in [5, 5.41) is 32.1. The number of hydrogen-bond acceptors (Lipinski definition) is 20. The van der Waals surface area contributed by atoms with Gasteiger partial charge in [-0.05, 0) is 117 Å². The molecule has 4 amide bonds. The van der Waals surface area contributed by atoms with Crippen LogP contribution >= 0.6 is 15.6 Å². The Kier molecular flexibility index (Phi) is 71.2. The van der Waals surface area contributed by atoms with Gasteiger partial charge >= 0.3 is 27.6 Å². The van der Waals surface area contributed by atoms with Crippen molar-refractivity contribution in [3.63, 3.8) is 0 Å². The van der Waals surface area contributed by atoms with Gasteiger partial charge < -0.3 is 69.7 Å². The second kappa shape index (κ2) is 74.9. The number of aliphatic hydroxyl groups is 2. The maximum Gasteiger partial charge on any atom is 0.472 e. The van der Waals surface area contributed by atoms with Gasteiger partial charge in [-0.15, -0.1) is 0 Å². The fraction of sp³-hybridized carbons (Fsp3) is 0.888. The molecule has 0 saturated carbocycles. The van der Waals surface area contributed by atoms with Crippen LogP contribution in [-0.4, -0.2) is 176 Å². The van der Waals surface area contributed by atoms with Crippen LogP contribution in [0.2, 0.25) is 0 Å². The second-order valence-corrected chi connectivity index (χ2v) is 35.4. The first-order chi connectivity index (χ1) is 56.4. The molecular weight excluding hydrogens is 1540 g/mol. The minimum atomic E-state index is -4.88. The molecule has 1 rings (SSSR count). The molecule has 686 valence electrons. The van der Waals surface area contributed by atoms with E-state index in [1.54, 1.807) is 0 Å². The molecule has 0 spiro atoms. The molecule has 0 radical (unpaired) electrons. The van der Waals surface area contributed by atoms with E-state index in [-0.39, 0.29) is 77.1 Å². The van der Waals surface area contributed by atoms with Gasteiger partial charge in [0.25, 0.3) is 11.8 Å². The Balaban J connectivity index is 3.11. The predicted octanol–water partition coefficient (Wildman–Crippen LogP) is 19.1. The first-order valence-corrected chi connectivity index (χ1v) is 49.3. The largest absolute Gasteiger partial charge is 0.472 e. The van der Waals surface area contributed by atoms with Gasteiger partial charge in [0.1, 0.15) is 12.2 Å². The number of hydrogen-bond donors (Lipinski definition) is 8. The van der Waals surface area contributed by atoms with Crippen molar-refractivity contribution >= 4 is 51.2 Å². The lowest BCUT2D eigenvalue weighted by molar-refractivity contribution is -0.159. The summed E-state index contributed by atoms with van der Waals surface area (Å²) in [6.07, 6.45) is 50.1. The number of unbranched alkanes of at least 4 members (excludes halogenated alkanes) is 34. The van der Waals surface area contributed by atoms with Crippen LogP contribution in [0.4, 0.5) is 0 Å². The summed E-state index contributed by atoms with van der Waals surface area (Å²) in [7, 11) is -9.77. The molecule has 0 aromatic rings. The summed E-state index contributed by atoms with van der Waals surface area (Å²) < 4.78 is 83.5. The van der Waals surface area contributed by atoms with Crippen LogP contribution in [0.3, 0.4) is 0 Å². The van der Waals surface area contributed by atoms with Crippen molar-refractivity contribution in [2.24, 2.45) is 0 Å². The number of aliphatic hydroxyl groups excluding tert-OH is 2. The van der Waals surface area contributed by atoms with Crippen molar-refractivity contribution in [3.05, 3.63) is 24.3 Å². The van der Waals surface area contributed by atoms with E-state index >= 15 is 0 Å². The van der Waals surface area contributed by atoms with E-state index in [1.807, 2.05) is 0 Å². The van der Waals surface area contributed by atoms with Crippen LogP contribution in [0.15, 0.2) is 24.3 Å². The maximum atomic E-state index is 13.9. The number of allylic oxidation sites excluding steroid dienone is 4. The van der Waals surface area contributed by atoms with Gasteiger partial charge in [-0.3, -0.25) is 46.9 Å². The average Bonchev–Trinajstić information content (AvgIpc) is 1.66. The quantitative estimate of drug-likeness (QED) is 0.0121. The molecule has 10 atom stereocenters. The first-order valence-electron chi connectivity index (χ1n) is 46.4. The molecule has 8 N–H and O–H groups in total. The molecule has 0 aromatic carbocycles. The fourth-order valence-corrected chi connectivity index (χ4v) is 15.2. The number of amides is 4. The Morgan fingerprint density at radius 2 is 0.667 bits per heavy atom. The van der Waals surface area contributed by atoms with Crippen LogP contribution < -0.4 is 21.3 Å². The Morgan fingerprint density at radius 3 is 0.991 bits per heavy atom. The van der Waals surface area contributed by atoms with Crippen LogP contribution in [0.1, 0.15) is 389 Å². The van der Waals surface area contributed by atoms with E-state index in [4.69, 9.17) is 46.5 Å². The number of rotatable bonds is 84. The monoisotopic (exact) mass is 1710 g/mol. The smallest absolute Gasteiger partial charge is 0.462 e. The zero-order valence-corrected chi connectivity index (χ0v) is 76.1. The standard InChI is InChI=1S/C89H168N4O22P2/c1-9-15-21-27-31-35-39-45-51-57-79(112-83(98)59-53-47-41-37-33-29-23-17-11-3)69-81(96)92-75(71-106-65-61-77(94)55-49-43-25-19-13-5)73-110-116(102,103)108-67-63-90-87(100)85-86(115-89(7,8)114-85)88(101)91-64-68-109-117(104,105)111-74-76(72-107-66-62-78(95)56-50-44-26-20-14-6)93-82(97)70-80(58-52-46-40-36-32-28-22-16-10-2)113-84(99)60-54-48-42-38-34-30-24-18-12-4/h37-38,41-42,75-80,85-86,94-95H,9-36,39-40,43-74H2,1-8H3,(H,90,100)(H,91,101)(H,92,96)(H,93,97)(H,102,103)(H,104,105)/b41-37+,42-38+/t75?,76?,77-,78-,79?,80?,85?,86?/m1/s1. The minimum Gasteiger partial charge on any atom is -0.462 e. The Morgan fingerprint density at radius 1 is 0.376 bits per heavy atom. The second-order valence-electron chi connectivity index (χ2n) is 32.5. The van der Waals surface area contributed by atoms with Gasteiger partial charge in [0.05, 0.1) is 76.8 Å². The molecule has 1 saturated heterocycles. The summed E-state index contributed by atoms with van der Waals surface area (Å²) >= 11 is 0. The number of carbonyl (C=O) groups excluding carboxylic acids is 6. The molecule has 1 heterocycles. The van der Waals surface area contributed by atoms with Crippen LogP contribution in [0.5, 0.6) is 0 Å². The van der Waals surface area contributed by atoms with Gasteiger partial charge in [0.15, 0.2) is 18.0 Å². The van der Waals surface area contributed by atoms with Crippen molar-refractivity contribution < 1.29 is 104 Å². The van der Waals surface area contributed by atoms with Crippen molar-refractivity contribution in [2.75, 3.05) is 65.9 Å². The molecule has 0 aromatic heterocycles. The molecule has 26 nitrogen and oxygen atoms in total. The van der Waals surface area contributed by atoms with Crippen molar-refractivity contribution in [1.29, 1.82) is 0 Å². The van der Waals surface area contributed by atoms with Gasteiger partial charge in [0.2, 0.25) is 11.8 Å². The SMILES string of the molecule is CCCCCC/C=C/CCCC(=O)OC(CCCCCCCCCCC)CC(=O)NC(COCC[C@H](O)CCCCCCC)COP(=O)(O)OCCNC(=O)C1OC(C)(C)OC1C(=O)NCCOP(=O)(O)OCC(COCC[C@H](O)CCCCCCC)NC(=O)CC(CCCCCCCCCCC)OC(=O)CCC/C=C/CCCCCC. The highest BCUT2D eigenvalue weighted by atomic mass is 31.2. The topological polar surface area (TPSA) is 358 Å². The summed E-state index contributed by atoms with van der Waals surface area (Å²) in [5.74, 6) is -4.88. The van der Waals surface area contributed by atoms with Crippen molar-refractivity contribution in [1.82, 2.24) is 21.3 Å². The van der Waals surface area contributed by atoms with Crippen molar-refractivity contribution in [2.45, 2.75) is 444 Å². The van der Waals surface area contributed by atoms with E-state index in [9.17, 15) is 57.9 Å². The molecule has 0 aliphatic carbocycles. The summed E-state index contributed by atoms with van der Waals surface area (Å²) in [6, 6.07) is -1.97. The van der Waals surface area contributed by atoms with Gasteiger partial charge in [-0.25, -0.2) is 9.13 Å². The predicted molar refractivity (Wildman–Crippen MR) is 463 cm³/mol. The average molecular weight is 1710 g/mol. The van der Waals surface area contributed by atoms with E-state index < -0.39 is 120 Å². The molecular formula is C89H168N4O22P2. The number of phosphoric ester groups is 2. The molecule has 28 heteroatoms. The maximum absolute atomic E-state index is 13.9. The molecule has 0 bridgehead atoms. The molecule has 1 fully saturated rings. The summed E-state index contributed by atoms with van der Waals surface area (Å²) in [4.78, 5) is 103. The summed E-state index contributed by atoms with van der Waals surface area (Å²) in [5.41, 5.74) is 0. The third kappa shape index (κ3) is 67.5. The Bertz CT molecular complexity index is 2460. The molecule has 117 heavy (non-hydrogen) atoms. The highest BCUT2D eigenvalue weighted by Gasteiger charge is 2.49. The van der Waals surface area contributed by atoms with Crippen molar-refractivity contribution in [3.8, 4) is 0 Å². The highest BCUT2D eigenvalue weighted by molar-refractivity contribution is 7.47. The molecule has 1 aliphatic rings. The normalized spacial score (nSPS) is 16.8. The minimum absolute atomic E-state index is 0.133. The lowest BCUT2D eigenvalue weighted by Gasteiger charge is -2.23. The lowest BCUT2D eigenvalue weighted by atomic mass is 10.0. The Hall–Kier alpha value is -3.72. The summed E-state index contributed by atoms with van der Waals surface area (Å²) in [6.45, 7) is 13.0. The van der Waals surface area contributed by atoms with Crippen LogP contribution in [-0.2, 0) is 84.4 Å². The first kappa shape index (κ1) is 111.